The third kappa shape index (κ3) is 2.56. The number of amides is 1. The molecule has 0 unspecified atom stereocenters. The molecule has 2 aromatic heterocycles. The minimum absolute atomic E-state index is 0.00503. The molecule has 0 bridgehead atoms. The lowest BCUT2D eigenvalue weighted by Crippen LogP contribution is -2.30. The molecule has 0 saturated carbocycles. The van der Waals surface area contributed by atoms with Crippen LogP contribution in [0.3, 0.4) is 0 Å². The van der Waals surface area contributed by atoms with Gasteiger partial charge in [-0.3, -0.25) is 30.6 Å². The SMILES string of the molecule is Cc1oc2nc[nH]c(=O)c2c1C(=O)NNc1ccccc1[N+](=O)[O-]. The van der Waals surface area contributed by atoms with Gasteiger partial charge in [0.05, 0.1) is 16.8 Å². The molecule has 3 aromatic rings. The molecule has 3 N–H and O–H groups in total. The highest BCUT2D eigenvalue weighted by Crippen LogP contribution is 2.23. The van der Waals surface area contributed by atoms with Crippen molar-refractivity contribution in [3.63, 3.8) is 0 Å². The topological polar surface area (TPSA) is 143 Å². The Morgan fingerprint density at radius 3 is 2.88 bits per heavy atom. The Morgan fingerprint density at radius 2 is 2.12 bits per heavy atom. The normalized spacial score (nSPS) is 10.5. The smallest absolute Gasteiger partial charge is 0.294 e. The number of para-hydroxylation sites is 2. The van der Waals surface area contributed by atoms with E-state index in [-0.39, 0.29) is 33.8 Å². The Labute approximate surface area is 133 Å². The number of H-pyrrole nitrogens is 1. The van der Waals surface area contributed by atoms with Crippen molar-refractivity contribution >= 4 is 28.4 Å². The number of aryl methyl sites for hydroxylation is 1. The molecule has 1 amide bonds. The van der Waals surface area contributed by atoms with Gasteiger partial charge in [-0.15, -0.1) is 0 Å². The van der Waals surface area contributed by atoms with E-state index in [0.29, 0.717) is 0 Å². The van der Waals surface area contributed by atoms with Crippen molar-refractivity contribution in [2.24, 2.45) is 0 Å². The van der Waals surface area contributed by atoms with Crippen molar-refractivity contribution in [1.29, 1.82) is 0 Å². The van der Waals surface area contributed by atoms with Crippen LogP contribution in [0.1, 0.15) is 16.1 Å². The van der Waals surface area contributed by atoms with Gasteiger partial charge in [-0.25, -0.2) is 4.98 Å². The van der Waals surface area contributed by atoms with Crippen molar-refractivity contribution in [3.8, 4) is 0 Å². The monoisotopic (exact) mass is 329 g/mol. The Bertz CT molecular complexity index is 1010. The number of rotatable bonds is 4. The van der Waals surface area contributed by atoms with Gasteiger partial charge in [0.25, 0.3) is 17.2 Å². The molecule has 0 aliphatic carbocycles. The number of benzene rings is 1. The number of furan rings is 1. The van der Waals surface area contributed by atoms with Crippen LogP contribution >= 0.6 is 0 Å². The quantitative estimate of drug-likeness (QED) is 0.486. The first-order valence-corrected chi connectivity index (χ1v) is 6.75. The number of fused-ring (bicyclic) bond motifs is 1. The zero-order chi connectivity index (χ0) is 17.3. The molecule has 0 atom stereocenters. The lowest BCUT2D eigenvalue weighted by Gasteiger charge is -2.08. The summed E-state index contributed by atoms with van der Waals surface area (Å²) in [5, 5.41) is 11.0. The molecule has 0 spiro atoms. The van der Waals surface area contributed by atoms with Gasteiger partial charge < -0.3 is 9.40 Å². The summed E-state index contributed by atoms with van der Waals surface area (Å²) < 4.78 is 5.29. The van der Waals surface area contributed by atoms with Crippen LogP contribution in [-0.2, 0) is 0 Å². The number of nitro groups is 1. The Balaban J connectivity index is 1.91. The summed E-state index contributed by atoms with van der Waals surface area (Å²) in [7, 11) is 0. The van der Waals surface area contributed by atoms with Crippen molar-refractivity contribution < 1.29 is 14.1 Å². The summed E-state index contributed by atoms with van der Waals surface area (Å²) in [6, 6.07) is 5.81. The third-order valence-corrected chi connectivity index (χ3v) is 3.31. The molecule has 10 heteroatoms. The average molecular weight is 329 g/mol. The third-order valence-electron chi connectivity index (χ3n) is 3.31. The van der Waals surface area contributed by atoms with Crippen molar-refractivity contribution in [1.82, 2.24) is 15.4 Å². The Morgan fingerprint density at radius 1 is 1.38 bits per heavy atom. The summed E-state index contributed by atoms with van der Waals surface area (Å²) in [5.41, 5.74) is 4.22. The van der Waals surface area contributed by atoms with Gasteiger partial charge in [-0.05, 0) is 13.0 Å². The molecule has 0 aliphatic heterocycles. The molecule has 1 aromatic carbocycles. The van der Waals surface area contributed by atoms with Crippen LogP contribution in [0, 0.1) is 17.0 Å². The largest absolute Gasteiger partial charge is 0.442 e. The van der Waals surface area contributed by atoms with Crippen LogP contribution in [0.2, 0.25) is 0 Å². The zero-order valence-corrected chi connectivity index (χ0v) is 12.3. The van der Waals surface area contributed by atoms with E-state index in [4.69, 9.17) is 4.42 Å². The first-order chi connectivity index (χ1) is 11.5. The van der Waals surface area contributed by atoms with Crippen LogP contribution in [0.4, 0.5) is 11.4 Å². The number of nitro benzene ring substituents is 1. The van der Waals surface area contributed by atoms with Crippen LogP contribution < -0.4 is 16.4 Å². The summed E-state index contributed by atoms with van der Waals surface area (Å²) in [6.45, 7) is 1.51. The van der Waals surface area contributed by atoms with Crippen molar-refractivity contribution in [2.45, 2.75) is 6.92 Å². The van der Waals surface area contributed by atoms with Crippen LogP contribution in [-0.4, -0.2) is 20.8 Å². The fourth-order valence-corrected chi connectivity index (χ4v) is 2.25. The lowest BCUT2D eigenvalue weighted by molar-refractivity contribution is -0.384. The number of aromatic amines is 1. The van der Waals surface area contributed by atoms with E-state index in [0.717, 1.165) is 0 Å². The predicted octanol–water partition coefficient (Wildman–Crippen LogP) is 1.49. The zero-order valence-electron chi connectivity index (χ0n) is 12.3. The molecular formula is C14H11N5O5. The summed E-state index contributed by atoms with van der Waals surface area (Å²) in [4.78, 5) is 40.8. The fourth-order valence-electron chi connectivity index (χ4n) is 2.25. The molecule has 24 heavy (non-hydrogen) atoms. The maximum Gasteiger partial charge on any atom is 0.294 e. The maximum atomic E-state index is 12.4. The highest BCUT2D eigenvalue weighted by molar-refractivity contribution is 6.06. The van der Waals surface area contributed by atoms with E-state index in [1.807, 2.05) is 0 Å². The molecule has 0 radical (unpaired) electrons. The molecule has 2 heterocycles. The summed E-state index contributed by atoms with van der Waals surface area (Å²) >= 11 is 0. The molecule has 122 valence electrons. The standard InChI is InChI=1S/C14H11N5O5/c1-7-10(11-12(20)15-6-16-14(11)24-7)13(21)18-17-8-4-2-3-5-9(8)19(22)23/h2-6,17H,1H3,(H,18,21)(H,15,16,20). The number of hydrogen-bond acceptors (Lipinski definition) is 7. The molecular weight excluding hydrogens is 318 g/mol. The molecule has 0 saturated heterocycles. The number of hydrazine groups is 1. The van der Waals surface area contributed by atoms with Crippen LogP contribution in [0.25, 0.3) is 11.1 Å². The van der Waals surface area contributed by atoms with E-state index in [9.17, 15) is 19.7 Å². The lowest BCUT2D eigenvalue weighted by atomic mass is 10.2. The molecule has 3 rings (SSSR count). The second-order valence-electron chi connectivity index (χ2n) is 4.80. The van der Waals surface area contributed by atoms with E-state index < -0.39 is 16.4 Å². The van der Waals surface area contributed by atoms with E-state index >= 15 is 0 Å². The van der Waals surface area contributed by atoms with Gasteiger partial charge >= 0.3 is 0 Å². The number of carbonyl (C=O) groups excluding carboxylic acids is 1. The van der Waals surface area contributed by atoms with Crippen LogP contribution in [0.5, 0.6) is 0 Å². The highest BCUT2D eigenvalue weighted by atomic mass is 16.6. The van der Waals surface area contributed by atoms with E-state index in [1.54, 1.807) is 6.07 Å². The first kappa shape index (κ1) is 15.2. The minimum Gasteiger partial charge on any atom is -0.442 e. The van der Waals surface area contributed by atoms with E-state index in [2.05, 4.69) is 20.8 Å². The van der Waals surface area contributed by atoms with Gasteiger partial charge in [0.15, 0.2) is 0 Å². The van der Waals surface area contributed by atoms with Gasteiger partial charge in [-0.1, -0.05) is 12.1 Å². The Hall–Kier alpha value is -3.69. The van der Waals surface area contributed by atoms with Gasteiger partial charge in [0.1, 0.15) is 16.8 Å². The molecule has 0 fully saturated rings. The number of carbonyl (C=O) groups is 1. The average Bonchev–Trinajstić information content (AvgIpc) is 2.90. The number of anilines is 1. The molecule has 0 aliphatic rings. The number of hydrogen-bond donors (Lipinski definition) is 3. The minimum atomic E-state index is -0.678. The van der Waals surface area contributed by atoms with Gasteiger partial charge in [0.2, 0.25) is 5.71 Å². The number of nitrogens with zero attached hydrogens (tertiary/aromatic N) is 2. The van der Waals surface area contributed by atoms with Crippen molar-refractivity contribution in [2.75, 3.05) is 5.43 Å². The first-order valence-electron chi connectivity index (χ1n) is 6.75. The summed E-state index contributed by atoms with van der Waals surface area (Å²) in [5.74, 6) is -0.473. The van der Waals surface area contributed by atoms with E-state index in [1.165, 1.54) is 31.5 Å². The summed E-state index contributed by atoms with van der Waals surface area (Å²) in [6.07, 6.45) is 1.17. The number of aromatic nitrogens is 2. The predicted molar refractivity (Wildman–Crippen MR) is 83.6 cm³/mol. The highest BCUT2D eigenvalue weighted by Gasteiger charge is 2.22. The molecule has 10 nitrogen and oxygen atoms in total. The van der Waals surface area contributed by atoms with Crippen LogP contribution in [0.15, 0.2) is 39.8 Å². The second-order valence-corrected chi connectivity index (χ2v) is 4.80. The van der Waals surface area contributed by atoms with Gasteiger partial charge in [-0.2, -0.15) is 0 Å². The fraction of sp³-hybridized carbons (Fsp3) is 0.0714. The Kier molecular flexibility index (Phi) is 3.70. The second kappa shape index (κ2) is 5.83. The van der Waals surface area contributed by atoms with Crippen molar-refractivity contribution in [3.05, 3.63) is 62.4 Å². The number of nitrogens with one attached hydrogen (secondary N) is 3. The maximum absolute atomic E-state index is 12.4. The van der Waals surface area contributed by atoms with Gasteiger partial charge in [0, 0.05) is 6.07 Å².